The average molecular weight is 779 g/mol. The lowest BCUT2D eigenvalue weighted by atomic mass is 9.68. The van der Waals surface area contributed by atoms with Crippen molar-refractivity contribution in [3.8, 4) is 0 Å². The Morgan fingerprint density at radius 1 is 0.554 bits per heavy atom. The van der Waals surface area contributed by atoms with Crippen molar-refractivity contribution >= 4 is 0 Å². The summed E-state index contributed by atoms with van der Waals surface area (Å²) in [5.74, 6) is -0.0179. The summed E-state index contributed by atoms with van der Waals surface area (Å²) in [7, 11) is 8.29. The van der Waals surface area contributed by atoms with Gasteiger partial charge in [0.1, 0.15) is 45.2 Å². The van der Waals surface area contributed by atoms with Crippen molar-refractivity contribution in [2.45, 2.75) is 84.7 Å². The summed E-state index contributed by atoms with van der Waals surface area (Å²) in [5, 5.41) is 0. The van der Waals surface area contributed by atoms with E-state index in [2.05, 4.69) is 62.3 Å². The van der Waals surface area contributed by atoms with Crippen molar-refractivity contribution in [2.24, 2.45) is 11.8 Å². The van der Waals surface area contributed by atoms with Gasteiger partial charge in [-0.15, -0.1) is 0 Å². The van der Waals surface area contributed by atoms with E-state index in [0.717, 1.165) is 62.7 Å². The summed E-state index contributed by atoms with van der Waals surface area (Å²) in [4.78, 5) is 4.35. The normalized spacial score (nSPS) is 39.4. The highest BCUT2D eigenvalue weighted by Crippen LogP contribution is 2.66. The second kappa shape index (κ2) is 14.6. The first-order chi connectivity index (χ1) is 27.0. The molecule has 0 aromatic heterocycles. The number of hydrogen-bond donors (Lipinski definition) is 0. The van der Waals surface area contributed by atoms with Crippen molar-refractivity contribution in [3.05, 3.63) is 95.6 Å². The van der Waals surface area contributed by atoms with Crippen molar-refractivity contribution in [1.82, 2.24) is 9.80 Å². The fourth-order valence-electron chi connectivity index (χ4n) is 11.1. The van der Waals surface area contributed by atoms with Crippen LogP contribution in [-0.4, -0.2) is 126 Å². The number of rotatable bonds is 12. The van der Waals surface area contributed by atoms with Crippen LogP contribution >= 0.6 is 0 Å². The van der Waals surface area contributed by atoms with Crippen molar-refractivity contribution in [3.63, 3.8) is 0 Å². The predicted octanol–water partition coefficient (Wildman–Crippen LogP) is 5.70. The lowest BCUT2D eigenvalue weighted by Crippen LogP contribution is -2.50. The molecule has 0 radical (unpaired) electrons. The first-order valence-corrected chi connectivity index (χ1v) is 20.4. The van der Waals surface area contributed by atoms with Crippen LogP contribution in [0, 0.1) is 23.5 Å². The average Bonchev–Trinajstić information content (AvgIpc) is 4.05. The second-order valence-corrected chi connectivity index (χ2v) is 17.4. The summed E-state index contributed by atoms with van der Waals surface area (Å²) < 4.78 is 77.3. The van der Waals surface area contributed by atoms with Gasteiger partial charge >= 0.3 is 0 Å². The van der Waals surface area contributed by atoms with Crippen molar-refractivity contribution in [2.75, 3.05) is 80.9 Å². The minimum Gasteiger partial charge on any atom is -0.366 e. The molecule has 0 N–H and O–H groups in total. The second-order valence-electron chi connectivity index (χ2n) is 17.4. The molecular formula is C44H56F2N2O8. The molecule has 0 amide bonds. The number of ether oxygens (including phenoxy) is 8. The molecule has 10 nitrogen and oxygen atoms in total. The maximum Gasteiger partial charge on any atom is 0.190 e. The summed E-state index contributed by atoms with van der Waals surface area (Å²) in [6.45, 7) is 5.56. The van der Waals surface area contributed by atoms with Crippen LogP contribution in [0.1, 0.15) is 49.7 Å². The number of hydrogen-bond acceptors (Lipinski definition) is 10. The Labute approximate surface area is 329 Å². The van der Waals surface area contributed by atoms with Gasteiger partial charge in [0.15, 0.2) is 12.6 Å². The van der Waals surface area contributed by atoms with E-state index in [1.807, 2.05) is 24.3 Å². The molecule has 56 heavy (non-hydrogen) atoms. The molecule has 8 aliphatic heterocycles. The van der Waals surface area contributed by atoms with Gasteiger partial charge in [-0.3, -0.25) is 0 Å². The summed E-state index contributed by atoms with van der Waals surface area (Å²) in [5.41, 5.74) is -1.52. The van der Waals surface area contributed by atoms with Crippen LogP contribution in [-0.2, 0) is 49.1 Å². The molecule has 8 atom stereocenters. The third-order valence-electron chi connectivity index (χ3n) is 13.5. The molecule has 6 fully saturated rings. The van der Waals surface area contributed by atoms with E-state index in [0.29, 0.717) is 39.6 Å². The van der Waals surface area contributed by atoms with Crippen molar-refractivity contribution < 1.29 is 46.7 Å². The maximum absolute atomic E-state index is 13.6. The molecule has 6 unspecified atom stereocenters. The molecule has 0 aliphatic carbocycles. The Bertz CT molecular complexity index is 1650. The molecule has 2 aromatic rings. The number of nitrogens with zero attached hydrogens (tertiary/aromatic N) is 2. The van der Waals surface area contributed by atoms with Crippen LogP contribution in [0.4, 0.5) is 8.78 Å². The lowest BCUT2D eigenvalue weighted by molar-refractivity contribution is -0.216. The van der Waals surface area contributed by atoms with Gasteiger partial charge in [-0.1, -0.05) is 36.4 Å². The molecule has 12 heteroatoms. The fraction of sp³-hybridized carbons (Fsp3) is 0.636. The molecule has 10 rings (SSSR count). The van der Waals surface area contributed by atoms with Crippen molar-refractivity contribution in [1.29, 1.82) is 0 Å². The van der Waals surface area contributed by atoms with Gasteiger partial charge in [0.05, 0.1) is 39.6 Å². The van der Waals surface area contributed by atoms with Crippen LogP contribution < -0.4 is 0 Å². The van der Waals surface area contributed by atoms with Gasteiger partial charge in [-0.25, -0.2) is 8.78 Å². The van der Waals surface area contributed by atoms with Gasteiger partial charge in [-0.2, -0.15) is 0 Å². The lowest BCUT2D eigenvalue weighted by Gasteiger charge is -2.42. The van der Waals surface area contributed by atoms with Crippen LogP contribution in [0.3, 0.4) is 0 Å². The Hall–Kier alpha value is -2.62. The highest BCUT2D eigenvalue weighted by atomic mass is 19.1. The smallest absolute Gasteiger partial charge is 0.190 e. The largest absolute Gasteiger partial charge is 0.366 e. The summed E-state index contributed by atoms with van der Waals surface area (Å²) >= 11 is 0. The van der Waals surface area contributed by atoms with Crippen LogP contribution in [0.15, 0.2) is 72.8 Å². The molecular weight excluding hydrogens is 722 g/mol. The maximum atomic E-state index is 13.6. The standard InChI is InChI=1S/2C22H28FNO4/c2*1-24(2)11-3-8-21(16-4-6-18(23)7-5-16)22-10-9-20(28-22,14-17(22)15-27-21)19-25-12-13-26-19/h2*4-7,9-10,17,19H,3,8,11-15H2,1-2H3/t2*17?,20?,21-,22?/m10/s1. The van der Waals surface area contributed by atoms with Gasteiger partial charge in [0, 0.05) is 11.8 Å². The van der Waals surface area contributed by atoms with E-state index in [4.69, 9.17) is 37.9 Å². The van der Waals surface area contributed by atoms with Crippen LogP contribution in [0.25, 0.3) is 0 Å². The molecule has 8 heterocycles. The quantitative estimate of drug-likeness (QED) is 0.251. The van der Waals surface area contributed by atoms with Crippen LogP contribution in [0.2, 0.25) is 0 Å². The van der Waals surface area contributed by atoms with Gasteiger partial charge in [-0.05, 0) is 127 Å². The fourth-order valence-corrected chi connectivity index (χ4v) is 11.1. The van der Waals surface area contributed by atoms with E-state index in [9.17, 15) is 8.78 Å². The Kier molecular flexibility index (Phi) is 10.1. The monoisotopic (exact) mass is 778 g/mol. The van der Waals surface area contributed by atoms with Gasteiger partial charge in [0.2, 0.25) is 0 Å². The molecule has 304 valence electrons. The molecule has 8 aliphatic rings. The number of benzene rings is 2. The van der Waals surface area contributed by atoms with E-state index in [1.54, 1.807) is 0 Å². The minimum atomic E-state index is -0.630. The Morgan fingerprint density at radius 2 is 0.929 bits per heavy atom. The van der Waals surface area contributed by atoms with Gasteiger partial charge < -0.3 is 47.7 Å². The first-order valence-electron chi connectivity index (χ1n) is 20.4. The number of halogens is 2. The third kappa shape index (κ3) is 6.00. The molecule has 2 aromatic carbocycles. The predicted molar refractivity (Wildman–Crippen MR) is 203 cm³/mol. The zero-order valence-electron chi connectivity index (χ0n) is 33.1. The molecule has 4 bridgehead atoms. The highest BCUT2D eigenvalue weighted by Gasteiger charge is 2.75. The topological polar surface area (TPSA) is 80.3 Å². The van der Waals surface area contributed by atoms with Crippen LogP contribution in [0.5, 0.6) is 0 Å². The molecule has 2 spiro atoms. The van der Waals surface area contributed by atoms with Gasteiger partial charge in [0.25, 0.3) is 0 Å². The SMILES string of the molecule is CN(C)CCC[C@@]1(c2ccc(F)cc2)OCC2CC3(C4OCCO4)C=CC21O3.CN(C)CCC[C@]1(c2ccc(F)cc2)OCC2CC3(C4OCCO4)C=CC21O3. The summed E-state index contributed by atoms with van der Waals surface area (Å²) in [6.07, 6.45) is 13.1. The highest BCUT2D eigenvalue weighted by molar-refractivity contribution is 5.42. The van der Waals surface area contributed by atoms with E-state index in [-0.39, 0.29) is 36.1 Å². The summed E-state index contributed by atoms with van der Waals surface area (Å²) in [6, 6.07) is 13.4. The minimum absolute atomic E-state index is 0.231. The zero-order chi connectivity index (χ0) is 38.8. The number of fused-ring (bicyclic) bond motifs is 2. The van der Waals surface area contributed by atoms with E-state index >= 15 is 0 Å². The third-order valence-corrected chi connectivity index (χ3v) is 13.5. The zero-order valence-corrected chi connectivity index (χ0v) is 33.1. The first kappa shape index (κ1) is 38.9. The molecule has 0 saturated carbocycles. The van der Waals surface area contributed by atoms with E-state index < -0.39 is 33.6 Å². The van der Waals surface area contributed by atoms with E-state index in [1.165, 1.54) is 24.3 Å². The Balaban J connectivity index is 0.000000146. The molecule has 6 saturated heterocycles. The Morgan fingerprint density at radius 3 is 1.29 bits per heavy atom.